The third-order valence-electron chi connectivity index (χ3n) is 3.72. The molecule has 0 unspecified atom stereocenters. The standard InChI is InChI=1S/C18H12FN3O2/c19-13-7-5-12(6-8-13)16-9-20-17(24-16)10-22-11-21-15-4-2-1-3-14(15)18(22)23/h1-9,11H,10H2. The van der Waals surface area contributed by atoms with Crippen molar-refractivity contribution in [3.8, 4) is 11.3 Å². The van der Waals surface area contributed by atoms with E-state index < -0.39 is 0 Å². The van der Waals surface area contributed by atoms with Crippen LogP contribution in [0.2, 0.25) is 0 Å². The zero-order valence-corrected chi connectivity index (χ0v) is 12.5. The third kappa shape index (κ3) is 2.58. The van der Waals surface area contributed by atoms with Gasteiger partial charge in [0.1, 0.15) is 12.4 Å². The topological polar surface area (TPSA) is 60.9 Å². The highest BCUT2D eigenvalue weighted by Crippen LogP contribution is 2.20. The fraction of sp³-hybridized carbons (Fsp3) is 0.0556. The lowest BCUT2D eigenvalue weighted by Gasteiger charge is -2.03. The van der Waals surface area contributed by atoms with E-state index in [0.29, 0.717) is 22.6 Å². The average Bonchev–Trinajstić information content (AvgIpc) is 3.07. The highest BCUT2D eigenvalue weighted by Gasteiger charge is 2.09. The molecule has 2 heterocycles. The van der Waals surface area contributed by atoms with Gasteiger partial charge < -0.3 is 4.42 Å². The van der Waals surface area contributed by atoms with Gasteiger partial charge in [0.15, 0.2) is 5.76 Å². The number of rotatable bonds is 3. The van der Waals surface area contributed by atoms with Crippen LogP contribution in [-0.4, -0.2) is 14.5 Å². The van der Waals surface area contributed by atoms with Crippen molar-refractivity contribution in [2.45, 2.75) is 6.54 Å². The van der Waals surface area contributed by atoms with Crippen molar-refractivity contribution in [3.63, 3.8) is 0 Å². The molecule has 0 aliphatic rings. The Balaban J connectivity index is 1.66. The van der Waals surface area contributed by atoms with Crippen LogP contribution < -0.4 is 5.56 Å². The Morgan fingerprint density at radius 3 is 2.67 bits per heavy atom. The predicted molar refractivity (Wildman–Crippen MR) is 87.0 cm³/mol. The molecule has 0 atom stereocenters. The monoisotopic (exact) mass is 321 g/mol. The number of nitrogens with zero attached hydrogens (tertiary/aromatic N) is 3. The second kappa shape index (κ2) is 5.73. The van der Waals surface area contributed by atoms with E-state index >= 15 is 0 Å². The fourth-order valence-electron chi connectivity index (χ4n) is 2.50. The van der Waals surface area contributed by atoms with Crippen LogP contribution in [0.5, 0.6) is 0 Å². The molecule has 4 aromatic rings. The van der Waals surface area contributed by atoms with Crippen molar-refractivity contribution in [1.82, 2.24) is 14.5 Å². The molecule has 0 aliphatic heterocycles. The molecule has 0 saturated heterocycles. The number of hydrogen-bond acceptors (Lipinski definition) is 4. The summed E-state index contributed by atoms with van der Waals surface area (Å²) in [4.78, 5) is 20.9. The van der Waals surface area contributed by atoms with Crippen LogP contribution in [-0.2, 0) is 6.54 Å². The molecule has 2 aromatic heterocycles. The lowest BCUT2D eigenvalue weighted by Crippen LogP contribution is -2.21. The number of benzene rings is 2. The van der Waals surface area contributed by atoms with Crippen LogP contribution in [0.4, 0.5) is 4.39 Å². The molecule has 0 amide bonds. The molecule has 6 heteroatoms. The Hall–Kier alpha value is -3.28. The molecule has 0 bridgehead atoms. The first kappa shape index (κ1) is 14.3. The van der Waals surface area contributed by atoms with Crippen molar-refractivity contribution in [2.75, 3.05) is 0 Å². The molecule has 0 fully saturated rings. The number of para-hydroxylation sites is 1. The van der Waals surface area contributed by atoms with Gasteiger partial charge in [-0.25, -0.2) is 14.4 Å². The molecular formula is C18H12FN3O2. The van der Waals surface area contributed by atoms with Gasteiger partial charge in [-0.15, -0.1) is 0 Å². The highest BCUT2D eigenvalue weighted by molar-refractivity contribution is 5.76. The van der Waals surface area contributed by atoms with Gasteiger partial charge in [-0.3, -0.25) is 9.36 Å². The van der Waals surface area contributed by atoms with Crippen molar-refractivity contribution in [2.24, 2.45) is 0 Å². The minimum Gasteiger partial charge on any atom is -0.439 e. The maximum atomic E-state index is 13.0. The van der Waals surface area contributed by atoms with E-state index in [1.807, 2.05) is 6.07 Å². The van der Waals surface area contributed by atoms with E-state index in [1.165, 1.54) is 23.0 Å². The zero-order valence-electron chi connectivity index (χ0n) is 12.5. The lowest BCUT2D eigenvalue weighted by atomic mass is 10.2. The van der Waals surface area contributed by atoms with Gasteiger partial charge in [-0.2, -0.15) is 0 Å². The average molecular weight is 321 g/mol. The van der Waals surface area contributed by atoms with E-state index in [4.69, 9.17) is 4.42 Å². The molecule has 0 N–H and O–H groups in total. The van der Waals surface area contributed by atoms with Gasteiger partial charge in [-0.1, -0.05) is 12.1 Å². The van der Waals surface area contributed by atoms with Gasteiger partial charge in [0.2, 0.25) is 5.89 Å². The first-order valence-electron chi connectivity index (χ1n) is 7.35. The lowest BCUT2D eigenvalue weighted by molar-refractivity contribution is 0.484. The van der Waals surface area contributed by atoms with Gasteiger partial charge in [-0.05, 0) is 36.4 Å². The molecular weight excluding hydrogens is 309 g/mol. The van der Waals surface area contributed by atoms with Crippen LogP contribution in [0.1, 0.15) is 5.89 Å². The molecule has 118 valence electrons. The summed E-state index contributed by atoms with van der Waals surface area (Å²) in [7, 11) is 0. The molecule has 0 radical (unpaired) electrons. The van der Waals surface area contributed by atoms with Crippen molar-refractivity contribution < 1.29 is 8.81 Å². The summed E-state index contributed by atoms with van der Waals surface area (Å²) >= 11 is 0. The largest absolute Gasteiger partial charge is 0.439 e. The van der Waals surface area contributed by atoms with Crippen molar-refractivity contribution in [3.05, 3.63) is 83.1 Å². The first-order chi connectivity index (χ1) is 11.7. The SMILES string of the molecule is O=c1c2ccccc2ncn1Cc1ncc(-c2ccc(F)cc2)o1. The Morgan fingerprint density at radius 1 is 1.04 bits per heavy atom. The summed E-state index contributed by atoms with van der Waals surface area (Å²) in [5.41, 5.74) is 1.22. The summed E-state index contributed by atoms with van der Waals surface area (Å²) in [6, 6.07) is 13.1. The molecule has 4 rings (SSSR count). The molecule has 2 aromatic carbocycles. The Morgan fingerprint density at radius 2 is 1.83 bits per heavy atom. The van der Waals surface area contributed by atoms with Crippen LogP contribution in [0.25, 0.3) is 22.2 Å². The summed E-state index contributed by atoms with van der Waals surface area (Å²) in [6.45, 7) is 0.178. The van der Waals surface area contributed by atoms with Crippen LogP contribution in [0.3, 0.4) is 0 Å². The Kier molecular flexibility index (Phi) is 3.42. The number of oxazole rings is 1. The molecule has 24 heavy (non-hydrogen) atoms. The normalized spacial score (nSPS) is 11.0. The first-order valence-corrected chi connectivity index (χ1v) is 7.35. The molecule has 0 aliphatic carbocycles. The van der Waals surface area contributed by atoms with E-state index in [-0.39, 0.29) is 17.9 Å². The van der Waals surface area contributed by atoms with Gasteiger partial charge in [0.25, 0.3) is 5.56 Å². The molecule has 5 nitrogen and oxygen atoms in total. The van der Waals surface area contributed by atoms with E-state index in [0.717, 1.165) is 5.56 Å². The maximum Gasteiger partial charge on any atom is 0.261 e. The zero-order chi connectivity index (χ0) is 16.5. The summed E-state index contributed by atoms with van der Waals surface area (Å²) < 4.78 is 20.1. The fourth-order valence-corrected chi connectivity index (χ4v) is 2.50. The second-order valence-corrected chi connectivity index (χ2v) is 5.32. The number of hydrogen-bond donors (Lipinski definition) is 0. The summed E-state index contributed by atoms with van der Waals surface area (Å²) in [5.74, 6) is 0.590. The van der Waals surface area contributed by atoms with Gasteiger partial charge >= 0.3 is 0 Å². The Labute approximate surface area is 136 Å². The highest BCUT2D eigenvalue weighted by atomic mass is 19.1. The van der Waals surface area contributed by atoms with Crippen molar-refractivity contribution >= 4 is 10.9 Å². The quantitative estimate of drug-likeness (QED) is 0.581. The number of halogens is 1. The maximum absolute atomic E-state index is 13.0. The third-order valence-corrected chi connectivity index (χ3v) is 3.72. The summed E-state index contributed by atoms with van der Waals surface area (Å²) in [6.07, 6.45) is 3.04. The van der Waals surface area contributed by atoms with E-state index in [9.17, 15) is 9.18 Å². The minimum atomic E-state index is -0.313. The second-order valence-electron chi connectivity index (χ2n) is 5.32. The number of aromatic nitrogens is 3. The van der Waals surface area contributed by atoms with Crippen LogP contribution >= 0.6 is 0 Å². The Bertz CT molecular complexity index is 1070. The summed E-state index contributed by atoms with van der Waals surface area (Å²) in [5, 5.41) is 0.547. The van der Waals surface area contributed by atoms with Crippen LogP contribution in [0, 0.1) is 5.82 Å². The van der Waals surface area contributed by atoms with Gasteiger partial charge in [0, 0.05) is 5.56 Å². The van der Waals surface area contributed by atoms with E-state index in [2.05, 4.69) is 9.97 Å². The van der Waals surface area contributed by atoms with Crippen molar-refractivity contribution in [1.29, 1.82) is 0 Å². The molecule has 0 saturated carbocycles. The number of fused-ring (bicyclic) bond motifs is 1. The smallest absolute Gasteiger partial charge is 0.261 e. The van der Waals surface area contributed by atoms with Crippen LogP contribution in [0.15, 0.2) is 70.3 Å². The predicted octanol–water partition coefficient (Wildman–Crippen LogP) is 3.24. The van der Waals surface area contributed by atoms with E-state index in [1.54, 1.807) is 36.5 Å². The molecule has 0 spiro atoms. The van der Waals surface area contributed by atoms with Gasteiger partial charge in [0.05, 0.1) is 23.4 Å². The minimum absolute atomic E-state index is 0.151.